The van der Waals surface area contributed by atoms with Gasteiger partial charge in [-0.1, -0.05) is 12.2 Å². The molecule has 10 heteroatoms. The first-order chi connectivity index (χ1) is 10.8. The van der Waals surface area contributed by atoms with Gasteiger partial charge in [0.1, 0.15) is 40.6 Å². The Morgan fingerprint density at radius 2 is 2.22 bits per heavy atom. The van der Waals surface area contributed by atoms with Gasteiger partial charge in [0.15, 0.2) is 6.23 Å². The smallest absolute Gasteiger partial charge is 0.167 e. The van der Waals surface area contributed by atoms with E-state index in [9.17, 15) is 15.3 Å². The minimum Gasteiger partial charge on any atom is -0.394 e. The molecule has 0 amide bonds. The summed E-state index contributed by atoms with van der Waals surface area (Å²) >= 11 is 5.02. The summed E-state index contributed by atoms with van der Waals surface area (Å²) in [5.41, 5.74) is 10.7. The standard InChI is InChI=1S/C13H17N5O4S/c1-13(21)8(20)6(3-19)22-12(13)18-2-5(10(15)23)7-9(14)16-4-17-11(7)18/h2,4,6,8,12,19-21H,3H2,1H3,(H2,15,23)(H2,14,16,17)/t6-,8-,12?,13-/m1/s1. The Bertz CT molecular complexity index is 777. The van der Waals surface area contributed by atoms with Crippen LogP contribution in [-0.4, -0.2) is 59.3 Å². The second-order valence-electron chi connectivity index (χ2n) is 5.65. The largest absolute Gasteiger partial charge is 0.394 e. The SMILES string of the molecule is C[C@]1(O)C(n2cc(C(N)=S)c3c(N)ncnc32)O[C@H](CO)[C@H]1O. The van der Waals surface area contributed by atoms with E-state index < -0.39 is 30.6 Å². The van der Waals surface area contributed by atoms with E-state index in [1.807, 2.05) is 0 Å². The summed E-state index contributed by atoms with van der Waals surface area (Å²) in [5.74, 6) is 0.188. The monoisotopic (exact) mass is 339 g/mol. The zero-order chi connectivity index (χ0) is 16.9. The molecule has 2 aromatic heterocycles. The van der Waals surface area contributed by atoms with Gasteiger partial charge in [-0.3, -0.25) is 0 Å². The molecule has 0 spiro atoms. The summed E-state index contributed by atoms with van der Waals surface area (Å²) in [6.07, 6.45) is -0.401. The van der Waals surface area contributed by atoms with Crippen LogP contribution in [-0.2, 0) is 4.74 Å². The van der Waals surface area contributed by atoms with Crippen molar-refractivity contribution in [1.82, 2.24) is 14.5 Å². The number of fused-ring (bicyclic) bond motifs is 1. The van der Waals surface area contributed by atoms with E-state index in [-0.39, 0.29) is 10.8 Å². The molecule has 0 saturated carbocycles. The third kappa shape index (κ3) is 2.26. The van der Waals surface area contributed by atoms with Crippen LogP contribution in [0.5, 0.6) is 0 Å². The summed E-state index contributed by atoms with van der Waals surface area (Å²) in [6, 6.07) is 0. The molecule has 0 aromatic carbocycles. The van der Waals surface area contributed by atoms with Crippen molar-refractivity contribution in [3.05, 3.63) is 18.1 Å². The molecule has 3 rings (SSSR count). The van der Waals surface area contributed by atoms with E-state index in [0.29, 0.717) is 16.6 Å². The Labute approximate surface area is 136 Å². The van der Waals surface area contributed by atoms with Gasteiger partial charge in [-0.25, -0.2) is 9.97 Å². The fraction of sp³-hybridized carbons (Fsp3) is 0.462. The summed E-state index contributed by atoms with van der Waals surface area (Å²) in [5, 5.41) is 30.5. The molecule has 23 heavy (non-hydrogen) atoms. The molecule has 2 aromatic rings. The summed E-state index contributed by atoms with van der Waals surface area (Å²) in [6.45, 7) is 0.973. The molecule has 3 heterocycles. The third-order valence-electron chi connectivity index (χ3n) is 4.09. The average Bonchev–Trinajstić information content (AvgIpc) is 2.97. The number of nitrogen functional groups attached to an aromatic ring is 1. The van der Waals surface area contributed by atoms with Crippen LogP contribution in [0.1, 0.15) is 18.7 Å². The van der Waals surface area contributed by atoms with E-state index in [4.69, 9.17) is 28.4 Å². The number of aromatic nitrogens is 3. The third-order valence-corrected chi connectivity index (χ3v) is 4.31. The van der Waals surface area contributed by atoms with E-state index in [0.717, 1.165) is 0 Å². The molecule has 1 saturated heterocycles. The Balaban J connectivity index is 2.21. The molecule has 9 nitrogen and oxygen atoms in total. The Morgan fingerprint density at radius 3 is 2.78 bits per heavy atom. The number of anilines is 1. The molecule has 1 aliphatic rings. The van der Waals surface area contributed by atoms with Crippen molar-refractivity contribution in [1.29, 1.82) is 0 Å². The van der Waals surface area contributed by atoms with Crippen molar-refractivity contribution in [3.8, 4) is 0 Å². The fourth-order valence-electron chi connectivity index (χ4n) is 2.86. The van der Waals surface area contributed by atoms with Gasteiger partial charge in [0.25, 0.3) is 0 Å². The first kappa shape index (κ1) is 16.0. The van der Waals surface area contributed by atoms with Gasteiger partial charge in [-0.15, -0.1) is 0 Å². The van der Waals surface area contributed by atoms with Crippen LogP contribution in [0.15, 0.2) is 12.5 Å². The van der Waals surface area contributed by atoms with E-state index in [1.165, 1.54) is 17.8 Å². The fourth-order valence-corrected chi connectivity index (χ4v) is 3.02. The number of rotatable bonds is 3. The van der Waals surface area contributed by atoms with Gasteiger partial charge in [0.2, 0.25) is 0 Å². The molecule has 0 aliphatic carbocycles. The molecule has 124 valence electrons. The van der Waals surface area contributed by atoms with Crippen molar-refractivity contribution in [2.45, 2.75) is 31.0 Å². The minimum absolute atomic E-state index is 0.0900. The van der Waals surface area contributed by atoms with Crippen molar-refractivity contribution >= 4 is 34.1 Å². The number of ether oxygens (including phenoxy) is 1. The molecule has 1 fully saturated rings. The van der Waals surface area contributed by atoms with Crippen LogP contribution in [0, 0.1) is 0 Å². The molecule has 7 N–H and O–H groups in total. The van der Waals surface area contributed by atoms with Crippen LogP contribution >= 0.6 is 12.2 Å². The topological polar surface area (TPSA) is 153 Å². The molecule has 4 atom stereocenters. The van der Waals surface area contributed by atoms with Gasteiger partial charge in [-0.05, 0) is 6.92 Å². The summed E-state index contributed by atoms with van der Waals surface area (Å²) < 4.78 is 7.08. The molecule has 0 bridgehead atoms. The zero-order valence-corrected chi connectivity index (χ0v) is 13.1. The predicted octanol–water partition coefficient (Wildman–Crippen LogP) is -1.35. The quantitative estimate of drug-likeness (QED) is 0.427. The first-order valence-corrected chi connectivity index (χ1v) is 7.27. The highest BCUT2D eigenvalue weighted by Crippen LogP contribution is 2.40. The number of hydrogen-bond donors (Lipinski definition) is 5. The van der Waals surface area contributed by atoms with E-state index >= 15 is 0 Å². The van der Waals surface area contributed by atoms with Crippen LogP contribution < -0.4 is 11.5 Å². The zero-order valence-electron chi connectivity index (χ0n) is 12.2. The first-order valence-electron chi connectivity index (χ1n) is 6.86. The lowest BCUT2D eigenvalue weighted by atomic mass is 9.96. The van der Waals surface area contributed by atoms with Crippen molar-refractivity contribution in [2.24, 2.45) is 5.73 Å². The lowest BCUT2D eigenvalue weighted by molar-refractivity contribution is -0.0948. The molecule has 1 unspecified atom stereocenters. The number of aliphatic hydroxyl groups excluding tert-OH is 2. The van der Waals surface area contributed by atoms with Crippen LogP contribution in [0.2, 0.25) is 0 Å². The van der Waals surface area contributed by atoms with Crippen molar-refractivity contribution < 1.29 is 20.1 Å². The molecular weight excluding hydrogens is 322 g/mol. The highest BCUT2D eigenvalue weighted by Gasteiger charge is 2.53. The second kappa shape index (κ2) is 5.35. The number of thiocarbonyl (C=S) groups is 1. The number of hydrogen-bond acceptors (Lipinski definition) is 8. The van der Waals surface area contributed by atoms with Gasteiger partial charge in [0.05, 0.1) is 12.0 Å². The second-order valence-corrected chi connectivity index (χ2v) is 6.09. The molecular formula is C13H17N5O4S. The maximum atomic E-state index is 10.6. The van der Waals surface area contributed by atoms with Gasteiger partial charge in [0, 0.05) is 11.8 Å². The van der Waals surface area contributed by atoms with Crippen molar-refractivity contribution in [3.63, 3.8) is 0 Å². The maximum absolute atomic E-state index is 10.6. The van der Waals surface area contributed by atoms with E-state index in [1.54, 1.807) is 6.20 Å². The number of nitrogens with zero attached hydrogens (tertiary/aromatic N) is 3. The van der Waals surface area contributed by atoms with E-state index in [2.05, 4.69) is 9.97 Å². The van der Waals surface area contributed by atoms with Crippen LogP contribution in [0.4, 0.5) is 5.82 Å². The van der Waals surface area contributed by atoms with Gasteiger partial charge < -0.3 is 36.1 Å². The highest BCUT2D eigenvalue weighted by molar-refractivity contribution is 7.80. The normalized spacial score (nSPS) is 30.9. The Hall–Kier alpha value is -1.85. The molecule has 0 radical (unpaired) electrons. The van der Waals surface area contributed by atoms with Crippen molar-refractivity contribution in [2.75, 3.05) is 12.3 Å². The number of nitrogens with two attached hydrogens (primary N) is 2. The van der Waals surface area contributed by atoms with Crippen LogP contribution in [0.25, 0.3) is 11.0 Å². The minimum atomic E-state index is -1.66. The Morgan fingerprint density at radius 1 is 1.52 bits per heavy atom. The Kier molecular flexibility index (Phi) is 3.73. The lowest BCUT2D eigenvalue weighted by Gasteiger charge is -2.27. The number of aliphatic hydroxyl groups is 3. The highest BCUT2D eigenvalue weighted by atomic mass is 32.1. The lowest BCUT2D eigenvalue weighted by Crippen LogP contribution is -2.44. The predicted molar refractivity (Wildman–Crippen MR) is 85.5 cm³/mol. The van der Waals surface area contributed by atoms with Gasteiger partial charge in [-0.2, -0.15) is 0 Å². The van der Waals surface area contributed by atoms with Crippen LogP contribution in [0.3, 0.4) is 0 Å². The maximum Gasteiger partial charge on any atom is 0.167 e. The average molecular weight is 339 g/mol. The summed E-state index contributed by atoms with van der Waals surface area (Å²) in [7, 11) is 0. The van der Waals surface area contributed by atoms with Gasteiger partial charge >= 0.3 is 0 Å². The molecule has 1 aliphatic heterocycles. The summed E-state index contributed by atoms with van der Waals surface area (Å²) in [4.78, 5) is 8.16.